The van der Waals surface area contributed by atoms with Gasteiger partial charge in [-0.25, -0.2) is 9.87 Å². The number of hydroxylamine groups is 1. The number of benzene rings is 1. The second-order valence-corrected chi connectivity index (χ2v) is 8.22. The number of pyridine rings is 1. The van der Waals surface area contributed by atoms with Gasteiger partial charge in [-0.1, -0.05) is 0 Å². The molecule has 0 aliphatic carbocycles. The van der Waals surface area contributed by atoms with E-state index in [1.54, 1.807) is 30.6 Å². The number of anilines is 2. The van der Waals surface area contributed by atoms with Crippen molar-refractivity contribution in [3.05, 3.63) is 51.8 Å². The van der Waals surface area contributed by atoms with Crippen LogP contribution in [0.2, 0.25) is 0 Å². The lowest BCUT2D eigenvalue weighted by Crippen LogP contribution is -2.38. The molecule has 3 aromatic rings. The van der Waals surface area contributed by atoms with E-state index in [4.69, 9.17) is 9.25 Å². The van der Waals surface area contributed by atoms with Crippen LogP contribution in [0.25, 0.3) is 11.0 Å². The molecule has 1 aliphatic rings. The van der Waals surface area contributed by atoms with E-state index >= 15 is 0 Å². The van der Waals surface area contributed by atoms with E-state index in [1.165, 1.54) is 6.07 Å². The van der Waals surface area contributed by atoms with Crippen molar-refractivity contribution < 1.29 is 18.4 Å². The van der Waals surface area contributed by atoms with Gasteiger partial charge in [0.1, 0.15) is 17.1 Å². The Labute approximate surface area is 180 Å². The fraction of sp³-hybridized carbons (Fsp3) is 0.300. The number of likely N-dealkylation sites (tertiary alicyclic amines) is 1. The second-order valence-electron chi connectivity index (χ2n) is 6.98. The molecule has 1 aromatic carbocycles. The van der Waals surface area contributed by atoms with Gasteiger partial charge < -0.3 is 14.6 Å². The van der Waals surface area contributed by atoms with E-state index in [-0.39, 0.29) is 17.6 Å². The first kappa shape index (κ1) is 20.0. The molecule has 0 unspecified atom stereocenters. The van der Waals surface area contributed by atoms with Gasteiger partial charge in [0.2, 0.25) is 5.76 Å². The van der Waals surface area contributed by atoms with Crippen LogP contribution >= 0.6 is 22.6 Å². The quantitative estimate of drug-likeness (QED) is 0.398. The summed E-state index contributed by atoms with van der Waals surface area (Å²) in [5, 5.41) is 3.56. The zero-order valence-corrected chi connectivity index (χ0v) is 17.9. The molecule has 3 heterocycles. The van der Waals surface area contributed by atoms with Crippen LogP contribution in [0.15, 0.2) is 41.1 Å². The molecule has 29 heavy (non-hydrogen) atoms. The predicted octanol–water partition coefficient (Wildman–Crippen LogP) is 4.07. The van der Waals surface area contributed by atoms with Crippen LogP contribution in [0.5, 0.6) is 0 Å². The zero-order chi connectivity index (χ0) is 20.4. The monoisotopic (exact) mass is 510 g/mol. The molecule has 1 saturated heterocycles. The highest BCUT2D eigenvalue weighted by molar-refractivity contribution is 14.1. The molecular weight excluding hydrogens is 490 g/mol. The van der Waals surface area contributed by atoms with Crippen LogP contribution in [-0.4, -0.2) is 42.0 Å². The van der Waals surface area contributed by atoms with Crippen LogP contribution in [0.4, 0.5) is 15.8 Å². The van der Waals surface area contributed by atoms with Crippen LogP contribution < -0.4 is 10.8 Å². The molecule has 0 saturated carbocycles. The van der Waals surface area contributed by atoms with Crippen LogP contribution in [0.1, 0.15) is 23.4 Å². The van der Waals surface area contributed by atoms with Gasteiger partial charge in [0, 0.05) is 29.1 Å². The third kappa shape index (κ3) is 4.51. The number of hydrogen-bond donors (Lipinski definition) is 2. The highest BCUT2D eigenvalue weighted by atomic mass is 127. The zero-order valence-electron chi connectivity index (χ0n) is 15.7. The number of nitrogens with one attached hydrogen (secondary N) is 2. The molecule has 0 atom stereocenters. The minimum Gasteiger partial charge on any atom is -0.448 e. The molecule has 1 amide bonds. The lowest BCUT2D eigenvalue weighted by molar-refractivity contribution is -0.0409. The molecule has 2 N–H and O–H groups in total. The van der Waals surface area contributed by atoms with Gasteiger partial charge in [-0.2, -0.15) is 0 Å². The summed E-state index contributed by atoms with van der Waals surface area (Å²) in [4.78, 5) is 24.7. The summed E-state index contributed by atoms with van der Waals surface area (Å²) < 4.78 is 20.9. The number of nitrogens with zero attached hydrogens (tertiary/aromatic N) is 2. The van der Waals surface area contributed by atoms with Crippen molar-refractivity contribution in [1.82, 2.24) is 15.4 Å². The summed E-state index contributed by atoms with van der Waals surface area (Å²) >= 11 is 2.04. The van der Waals surface area contributed by atoms with Crippen molar-refractivity contribution in [3.63, 3.8) is 0 Å². The number of fused-ring (bicyclic) bond motifs is 1. The summed E-state index contributed by atoms with van der Waals surface area (Å²) in [5.74, 6) is -0.948. The lowest BCUT2D eigenvalue weighted by atomic mass is 10.1. The SMILES string of the molecule is CN1CCC(ONC(=O)c2oc3ccncc3c2Nc2ccc(I)cc2F)CC1. The Morgan fingerprint density at radius 2 is 2.14 bits per heavy atom. The number of halogens is 2. The molecule has 152 valence electrons. The Kier molecular flexibility index (Phi) is 5.97. The third-order valence-electron chi connectivity index (χ3n) is 4.87. The summed E-state index contributed by atoms with van der Waals surface area (Å²) in [5.41, 5.74) is 3.54. The predicted molar refractivity (Wildman–Crippen MR) is 115 cm³/mol. The van der Waals surface area contributed by atoms with Crippen molar-refractivity contribution >= 4 is 50.8 Å². The van der Waals surface area contributed by atoms with Crippen LogP contribution in [0, 0.1) is 9.39 Å². The molecule has 1 aliphatic heterocycles. The average Bonchev–Trinajstić information content (AvgIpc) is 3.08. The number of carbonyl (C=O) groups is 1. The summed E-state index contributed by atoms with van der Waals surface area (Å²) in [7, 11) is 2.05. The maximum atomic E-state index is 14.4. The fourth-order valence-electron chi connectivity index (χ4n) is 3.24. The van der Waals surface area contributed by atoms with Crippen LogP contribution in [0.3, 0.4) is 0 Å². The molecular formula is C20H20FIN4O3. The molecule has 1 fully saturated rings. The van der Waals surface area contributed by atoms with Gasteiger partial charge in [-0.15, -0.1) is 0 Å². The van der Waals surface area contributed by atoms with Crippen LogP contribution in [-0.2, 0) is 4.84 Å². The smallest absolute Gasteiger partial charge is 0.312 e. The van der Waals surface area contributed by atoms with E-state index in [0.29, 0.717) is 16.7 Å². The molecule has 9 heteroatoms. The largest absolute Gasteiger partial charge is 0.448 e. The number of amides is 1. The van der Waals surface area contributed by atoms with Gasteiger partial charge in [-0.05, 0) is 66.7 Å². The van der Waals surface area contributed by atoms with Crippen molar-refractivity contribution in [2.24, 2.45) is 0 Å². The standard InChI is InChI=1S/C20H20FIN4O3/c1-26-8-5-13(6-9-26)29-25-20(27)19-18(14-11-23-7-4-17(14)28-19)24-16-3-2-12(22)10-15(16)21/h2-4,7,10-11,13,24H,5-6,8-9H2,1H3,(H,25,27). The number of carbonyl (C=O) groups excluding carboxylic acids is 1. The Balaban J connectivity index is 1.58. The first-order valence-corrected chi connectivity index (χ1v) is 10.3. The second kappa shape index (κ2) is 8.64. The Morgan fingerprint density at radius 1 is 1.34 bits per heavy atom. The van der Waals surface area contributed by atoms with Gasteiger partial charge in [-0.3, -0.25) is 14.6 Å². The van der Waals surface area contributed by atoms with Gasteiger partial charge in [0.05, 0.1) is 17.2 Å². The Hall–Kier alpha value is -2.24. The maximum absolute atomic E-state index is 14.4. The number of rotatable bonds is 5. The molecule has 0 radical (unpaired) electrons. The molecule has 2 aromatic heterocycles. The molecule has 0 bridgehead atoms. The van der Waals surface area contributed by atoms with E-state index in [9.17, 15) is 9.18 Å². The number of furan rings is 1. The molecule has 4 rings (SSSR count). The number of piperidine rings is 1. The maximum Gasteiger partial charge on any atom is 0.312 e. The van der Waals surface area contributed by atoms with E-state index in [0.717, 1.165) is 29.5 Å². The van der Waals surface area contributed by atoms with E-state index in [1.807, 2.05) is 22.6 Å². The van der Waals surface area contributed by atoms with E-state index in [2.05, 4.69) is 27.7 Å². The first-order valence-electron chi connectivity index (χ1n) is 9.24. The molecule has 7 nitrogen and oxygen atoms in total. The molecule has 0 spiro atoms. The van der Waals surface area contributed by atoms with Crippen molar-refractivity contribution in [2.45, 2.75) is 18.9 Å². The Morgan fingerprint density at radius 3 is 2.90 bits per heavy atom. The number of hydrogen-bond acceptors (Lipinski definition) is 6. The first-order chi connectivity index (χ1) is 14.0. The Bertz CT molecular complexity index is 1030. The summed E-state index contributed by atoms with van der Waals surface area (Å²) in [6.07, 6.45) is 4.75. The lowest BCUT2D eigenvalue weighted by Gasteiger charge is -2.28. The third-order valence-corrected chi connectivity index (χ3v) is 5.54. The topological polar surface area (TPSA) is 79.6 Å². The summed E-state index contributed by atoms with van der Waals surface area (Å²) in [6.45, 7) is 1.82. The minimum atomic E-state index is -0.534. The average molecular weight is 510 g/mol. The van der Waals surface area contributed by atoms with Gasteiger partial charge in [0.25, 0.3) is 0 Å². The highest BCUT2D eigenvalue weighted by Gasteiger charge is 2.24. The van der Waals surface area contributed by atoms with Crippen molar-refractivity contribution in [2.75, 3.05) is 25.5 Å². The fourth-order valence-corrected chi connectivity index (χ4v) is 3.69. The highest BCUT2D eigenvalue weighted by Crippen LogP contribution is 2.33. The van der Waals surface area contributed by atoms with Gasteiger partial charge in [0.15, 0.2) is 0 Å². The van der Waals surface area contributed by atoms with E-state index < -0.39 is 11.7 Å². The van der Waals surface area contributed by atoms with Crippen molar-refractivity contribution in [1.29, 1.82) is 0 Å². The number of aromatic nitrogens is 1. The summed E-state index contributed by atoms with van der Waals surface area (Å²) in [6, 6.07) is 6.45. The van der Waals surface area contributed by atoms with Crippen molar-refractivity contribution in [3.8, 4) is 0 Å². The van der Waals surface area contributed by atoms with Gasteiger partial charge >= 0.3 is 5.91 Å². The minimum absolute atomic E-state index is 0.0128. The normalized spacial score (nSPS) is 15.6.